The van der Waals surface area contributed by atoms with Crippen LogP contribution in [0.3, 0.4) is 0 Å². The van der Waals surface area contributed by atoms with E-state index >= 15 is 0 Å². The van der Waals surface area contributed by atoms with Crippen LogP contribution in [0.4, 0.5) is 0 Å². The van der Waals surface area contributed by atoms with Gasteiger partial charge < -0.3 is 20.1 Å². The third-order valence-corrected chi connectivity index (χ3v) is 5.72. The van der Waals surface area contributed by atoms with Crippen molar-refractivity contribution in [2.45, 2.75) is 44.4 Å². The van der Waals surface area contributed by atoms with Crippen molar-refractivity contribution < 1.29 is 9.47 Å². The van der Waals surface area contributed by atoms with Gasteiger partial charge in [-0.25, -0.2) is 0 Å². The van der Waals surface area contributed by atoms with E-state index in [9.17, 15) is 0 Å². The van der Waals surface area contributed by atoms with Crippen molar-refractivity contribution in [2.24, 2.45) is 10.9 Å². The van der Waals surface area contributed by atoms with Gasteiger partial charge in [0.25, 0.3) is 0 Å². The zero-order chi connectivity index (χ0) is 18.8. The molecule has 5 heteroatoms. The van der Waals surface area contributed by atoms with Crippen LogP contribution in [0.15, 0.2) is 35.3 Å². The fourth-order valence-corrected chi connectivity index (χ4v) is 3.85. The normalized spacial score (nSPS) is 21.7. The number of benzene rings is 1. The molecular formula is C22H35N3O2. The minimum absolute atomic E-state index is 0.232. The van der Waals surface area contributed by atoms with Crippen LogP contribution in [0, 0.1) is 5.92 Å². The molecule has 1 unspecified atom stereocenters. The lowest BCUT2D eigenvalue weighted by Gasteiger charge is -2.41. The summed E-state index contributed by atoms with van der Waals surface area (Å²) in [6, 6.07) is 10.9. The van der Waals surface area contributed by atoms with E-state index in [0.29, 0.717) is 5.92 Å². The Kier molecular flexibility index (Phi) is 7.96. The van der Waals surface area contributed by atoms with Crippen molar-refractivity contribution in [1.82, 2.24) is 10.6 Å². The number of guanidine groups is 1. The Morgan fingerprint density at radius 2 is 2.11 bits per heavy atom. The first-order valence-corrected chi connectivity index (χ1v) is 10.6. The van der Waals surface area contributed by atoms with Crippen LogP contribution >= 0.6 is 0 Å². The maximum atomic E-state index is 5.78. The number of nitrogens with one attached hydrogen (secondary N) is 2. The van der Waals surface area contributed by atoms with Gasteiger partial charge in [0, 0.05) is 37.6 Å². The first-order chi connectivity index (χ1) is 13.3. The molecule has 0 amide bonds. The van der Waals surface area contributed by atoms with Gasteiger partial charge in [0.2, 0.25) is 0 Å². The van der Waals surface area contributed by atoms with E-state index in [0.717, 1.165) is 64.9 Å². The lowest BCUT2D eigenvalue weighted by atomic mass is 9.64. The molecule has 0 aromatic heterocycles. The molecule has 2 N–H and O–H groups in total. The molecule has 1 atom stereocenters. The fraction of sp³-hybridized carbons (Fsp3) is 0.682. The molecule has 0 radical (unpaired) electrons. The fourth-order valence-electron chi connectivity index (χ4n) is 3.85. The lowest BCUT2D eigenvalue weighted by molar-refractivity contribution is 0.0888. The average molecular weight is 374 g/mol. The summed E-state index contributed by atoms with van der Waals surface area (Å²) < 4.78 is 11.2. The van der Waals surface area contributed by atoms with Gasteiger partial charge in [-0.05, 0) is 38.2 Å². The van der Waals surface area contributed by atoms with Crippen molar-refractivity contribution in [1.29, 1.82) is 0 Å². The Hall–Kier alpha value is -1.59. The molecule has 1 heterocycles. The van der Waals surface area contributed by atoms with Gasteiger partial charge in [-0.15, -0.1) is 0 Å². The summed E-state index contributed by atoms with van der Waals surface area (Å²) in [5.41, 5.74) is 1.66. The summed E-state index contributed by atoms with van der Waals surface area (Å²) in [7, 11) is 0. The molecule has 2 fully saturated rings. The second kappa shape index (κ2) is 10.7. The van der Waals surface area contributed by atoms with Gasteiger partial charge in [-0.1, -0.05) is 36.8 Å². The van der Waals surface area contributed by atoms with E-state index < -0.39 is 0 Å². The van der Waals surface area contributed by atoms with Gasteiger partial charge in [0.05, 0.1) is 19.8 Å². The number of rotatable bonds is 10. The second-order valence-electron chi connectivity index (χ2n) is 7.78. The average Bonchev–Trinajstić information content (AvgIpc) is 3.18. The van der Waals surface area contributed by atoms with Crippen LogP contribution in [-0.2, 0) is 14.9 Å². The van der Waals surface area contributed by atoms with E-state index in [4.69, 9.17) is 14.5 Å². The predicted octanol–water partition coefficient (Wildman–Crippen LogP) is 3.11. The smallest absolute Gasteiger partial charge is 0.191 e. The molecule has 2 aliphatic rings. The van der Waals surface area contributed by atoms with E-state index in [1.165, 1.54) is 24.8 Å². The molecule has 1 aliphatic carbocycles. The first-order valence-electron chi connectivity index (χ1n) is 10.6. The molecular weight excluding hydrogens is 338 g/mol. The van der Waals surface area contributed by atoms with Crippen molar-refractivity contribution in [3.8, 4) is 0 Å². The van der Waals surface area contributed by atoms with Crippen molar-refractivity contribution in [3.05, 3.63) is 35.9 Å². The summed E-state index contributed by atoms with van der Waals surface area (Å²) in [6.07, 6.45) is 5.90. The topological polar surface area (TPSA) is 54.9 Å². The summed E-state index contributed by atoms with van der Waals surface area (Å²) in [5.74, 6) is 1.51. The van der Waals surface area contributed by atoms with Crippen LogP contribution in [-0.4, -0.2) is 52.0 Å². The van der Waals surface area contributed by atoms with Gasteiger partial charge in [-0.3, -0.25) is 4.99 Å². The lowest BCUT2D eigenvalue weighted by Crippen LogP contribution is -2.42. The predicted molar refractivity (Wildman–Crippen MR) is 110 cm³/mol. The molecule has 1 aliphatic heterocycles. The van der Waals surface area contributed by atoms with Crippen molar-refractivity contribution in [2.75, 3.05) is 46.1 Å². The van der Waals surface area contributed by atoms with Crippen LogP contribution < -0.4 is 10.6 Å². The summed E-state index contributed by atoms with van der Waals surface area (Å²) >= 11 is 0. The summed E-state index contributed by atoms with van der Waals surface area (Å²) in [5, 5.41) is 6.83. The van der Waals surface area contributed by atoms with E-state index in [2.05, 4.69) is 47.9 Å². The van der Waals surface area contributed by atoms with Crippen LogP contribution in [0.5, 0.6) is 0 Å². The number of aliphatic imine (C=N–C) groups is 1. The van der Waals surface area contributed by atoms with E-state index in [-0.39, 0.29) is 5.41 Å². The first kappa shape index (κ1) is 20.2. The number of nitrogens with zero attached hydrogens (tertiary/aromatic N) is 1. The zero-order valence-corrected chi connectivity index (χ0v) is 16.7. The van der Waals surface area contributed by atoms with Gasteiger partial charge in [0.1, 0.15) is 0 Å². The third-order valence-electron chi connectivity index (χ3n) is 5.72. The molecule has 1 aromatic rings. The minimum atomic E-state index is 0.232. The van der Waals surface area contributed by atoms with E-state index in [1.54, 1.807) is 0 Å². The summed E-state index contributed by atoms with van der Waals surface area (Å²) in [4.78, 5) is 4.90. The molecule has 150 valence electrons. The highest BCUT2D eigenvalue weighted by molar-refractivity contribution is 5.79. The van der Waals surface area contributed by atoms with Crippen molar-refractivity contribution in [3.63, 3.8) is 0 Å². The zero-order valence-electron chi connectivity index (χ0n) is 16.7. The largest absolute Gasteiger partial charge is 0.381 e. The molecule has 0 spiro atoms. The molecule has 27 heavy (non-hydrogen) atoms. The highest BCUT2D eigenvalue weighted by Crippen LogP contribution is 2.43. The maximum Gasteiger partial charge on any atom is 0.191 e. The summed E-state index contributed by atoms with van der Waals surface area (Å²) in [6.45, 7) is 8.09. The Morgan fingerprint density at radius 1 is 1.26 bits per heavy atom. The van der Waals surface area contributed by atoms with Crippen LogP contribution in [0.1, 0.15) is 44.6 Å². The maximum absolute atomic E-state index is 5.78. The van der Waals surface area contributed by atoms with Crippen LogP contribution in [0.2, 0.25) is 0 Å². The van der Waals surface area contributed by atoms with E-state index in [1.807, 2.05) is 0 Å². The molecule has 5 nitrogen and oxygen atoms in total. The molecule has 1 saturated heterocycles. The Bertz CT molecular complexity index is 566. The van der Waals surface area contributed by atoms with Gasteiger partial charge in [0.15, 0.2) is 5.96 Å². The molecule has 0 bridgehead atoms. The molecule has 1 aromatic carbocycles. The number of ether oxygens (including phenoxy) is 2. The van der Waals surface area contributed by atoms with Crippen LogP contribution in [0.25, 0.3) is 0 Å². The van der Waals surface area contributed by atoms with Crippen molar-refractivity contribution >= 4 is 5.96 Å². The second-order valence-corrected chi connectivity index (χ2v) is 7.78. The highest BCUT2D eigenvalue weighted by atomic mass is 16.5. The molecule has 3 rings (SSSR count). The number of hydrogen-bond donors (Lipinski definition) is 2. The SMILES string of the molecule is CCNC(=NCC1(c2ccccc2)CCC1)NCCCOCC1CCOC1. The molecule has 1 saturated carbocycles. The Labute approximate surface area is 163 Å². The minimum Gasteiger partial charge on any atom is -0.381 e. The van der Waals surface area contributed by atoms with Gasteiger partial charge in [-0.2, -0.15) is 0 Å². The highest BCUT2D eigenvalue weighted by Gasteiger charge is 2.38. The van der Waals surface area contributed by atoms with Gasteiger partial charge >= 0.3 is 0 Å². The number of hydrogen-bond acceptors (Lipinski definition) is 3. The monoisotopic (exact) mass is 373 g/mol. The Balaban J connectivity index is 1.41. The Morgan fingerprint density at radius 3 is 2.78 bits per heavy atom. The third kappa shape index (κ3) is 5.94. The quantitative estimate of drug-likeness (QED) is 0.376. The standard InChI is InChI=1S/C22H35N3O2/c1-2-23-21(24-13-7-14-26-16-19-10-15-27-17-19)25-18-22(11-6-12-22)20-8-4-3-5-9-20/h3-5,8-9,19H,2,6-7,10-18H2,1H3,(H2,23,24,25).